The number of fused-ring (bicyclic) bond motifs is 4. The van der Waals surface area contributed by atoms with Crippen molar-refractivity contribution < 1.29 is 14.2 Å². The summed E-state index contributed by atoms with van der Waals surface area (Å²) in [6.45, 7) is 2.85. The lowest BCUT2D eigenvalue weighted by Gasteiger charge is -2.58. The normalized spacial score (nSPS) is 27.7. The van der Waals surface area contributed by atoms with Crippen LogP contribution < -0.4 is 4.74 Å². The molecule has 6 rings (SSSR count). The first kappa shape index (κ1) is 17.9. The zero-order valence-electron chi connectivity index (χ0n) is 17.2. The Hall–Kier alpha value is -2.88. The SMILES string of the molecule is COc1ccc([C@@]23CCO[C@]2(c2cc4ccccc4c4ccccc24)O[C@@H]3C)cc1. The average molecular weight is 396 g/mol. The van der Waals surface area contributed by atoms with Gasteiger partial charge >= 0.3 is 0 Å². The Morgan fingerprint density at radius 3 is 2.30 bits per heavy atom. The first-order valence-corrected chi connectivity index (χ1v) is 10.6. The lowest BCUT2D eigenvalue weighted by Crippen LogP contribution is -2.66. The van der Waals surface area contributed by atoms with Crippen LogP contribution in [0.4, 0.5) is 0 Å². The summed E-state index contributed by atoms with van der Waals surface area (Å²) in [5, 5.41) is 4.90. The molecule has 2 heterocycles. The second-order valence-corrected chi connectivity index (χ2v) is 8.37. The van der Waals surface area contributed by atoms with Gasteiger partial charge in [0.2, 0.25) is 5.79 Å². The third kappa shape index (κ3) is 2.12. The topological polar surface area (TPSA) is 27.7 Å². The highest BCUT2D eigenvalue weighted by atomic mass is 16.7. The fourth-order valence-corrected chi connectivity index (χ4v) is 5.72. The standard InChI is InChI=1S/C27H24O3/c1-18-26(20-11-13-21(28-2)14-12-20)15-16-29-27(26,30-18)25-17-19-7-3-4-8-22(19)23-9-5-6-10-24(23)25/h3-14,17-18H,15-16H2,1-2H3/t18-,26+,27-/m1/s1. The quantitative estimate of drug-likeness (QED) is 0.402. The molecule has 3 atom stereocenters. The van der Waals surface area contributed by atoms with E-state index >= 15 is 0 Å². The molecule has 0 N–H and O–H groups in total. The molecule has 0 bridgehead atoms. The predicted molar refractivity (Wildman–Crippen MR) is 119 cm³/mol. The molecule has 150 valence electrons. The summed E-state index contributed by atoms with van der Waals surface area (Å²) >= 11 is 0. The Morgan fingerprint density at radius 2 is 1.57 bits per heavy atom. The van der Waals surface area contributed by atoms with E-state index in [4.69, 9.17) is 14.2 Å². The van der Waals surface area contributed by atoms with E-state index in [0.717, 1.165) is 17.7 Å². The molecule has 3 nitrogen and oxygen atoms in total. The van der Waals surface area contributed by atoms with E-state index in [1.165, 1.54) is 27.1 Å². The Kier molecular flexibility index (Phi) is 3.77. The van der Waals surface area contributed by atoms with Crippen LogP contribution in [0, 0.1) is 0 Å². The van der Waals surface area contributed by atoms with Crippen molar-refractivity contribution in [1.82, 2.24) is 0 Å². The maximum absolute atomic E-state index is 6.55. The van der Waals surface area contributed by atoms with E-state index < -0.39 is 5.79 Å². The molecule has 2 saturated heterocycles. The van der Waals surface area contributed by atoms with Crippen LogP contribution in [0.15, 0.2) is 78.9 Å². The first-order valence-electron chi connectivity index (χ1n) is 10.6. The molecule has 30 heavy (non-hydrogen) atoms. The highest BCUT2D eigenvalue weighted by Gasteiger charge is 2.71. The van der Waals surface area contributed by atoms with E-state index in [1.807, 2.05) is 12.1 Å². The van der Waals surface area contributed by atoms with Crippen molar-refractivity contribution in [3.05, 3.63) is 90.0 Å². The van der Waals surface area contributed by atoms with E-state index in [2.05, 4.69) is 73.7 Å². The van der Waals surface area contributed by atoms with Crippen LogP contribution in [-0.2, 0) is 20.7 Å². The Labute approximate surface area is 176 Å². The molecule has 3 heteroatoms. The molecule has 0 unspecified atom stereocenters. The maximum Gasteiger partial charge on any atom is 0.208 e. The van der Waals surface area contributed by atoms with Gasteiger partial charge in [-0.05, 0) is 58.7 Å². The van der Waals surface area contributed by atoms with Crippen molar-refractivity contribution in [2.24, 2.45) is 0 Å². The summed E-state index contributed by atoms with van der Waals surface area (Å²) in [7, 11) is 1.70. The summed E-state index contributed by atoms with van der Waals surface area (Å²) < 4.78 is 18.5. The third-order valence-corrected chi connectivity index (χ3v) is 7.15. The number of ether oxygens (including phenoxy) is 3. The Morgan fingerprint density at radius 1 is 0.867 bits per heavy atom. The van der Waals surface area contributed by atoms with Gasteiger partial charge < -0.3 is 14.2 Å². The molecular formula is C27H24O3. The lowest BCUT2D eigenvalue weighted by atomic mass is 9.61. The van der Waals surface area contributed by atoms with Gasteiger partial charge in [-0.2, -0.15) is 0 Å². The fourth-order valence-electron chi connectivity index (χ4n) is 5.72. The molecule has 2 fully saturated rings. The highest BCUT2D eigenvalue weighted by molar-refractivity contribution is 6.09. The minimum Gasteiger partial charge on any atom is -0.497 e. The van der Waals surface area contributed by atoms with Crippen LogP contribution in [0.25, 0.3) is 21.5 Å². The summed E-state index contributed by atoms with van der Waals surface area (Å²) in [5.41, 5.74) is 2.16. The fraction of sp³-hybridized carbons (Fsp3) is 0.259. The molecule has 4 aromatic carbocycles. The minimum absolute atomic E-state index is 0.0682. The zero-order valence-corrected chi connectivity index (χ0v) is 17.2. The molecule has 0 aromatic heterocycles. The van der Waals surface area contributed by atoms with Crippen molar-refractivity contribution >= 4 is 21.5 Å². The van der Waals surface area contributed by atoms with Crippen molar-refractivity contribution in [3.63, 3.8) is 0 Å². The maximum atomic E-state index is 6.55. The molecule has 2 aliphatic rings. The number of hydrogen-bond donors (Lipinski definition) is 0. The van der Waals surface area contributed by atoms with Crippen LogP contribution in [0.5, 0.6) is 5.75 Å². The van der Waals surface area contributed by atoms with Crippen LogP contribution in [0.2, 0.25) is 0 Å². The smallest absolute Gasteiger partial charge is 0.208 e. The average Bonchev–Trinajstić information content (AvgIpc) is 3.12. The summed E-state index contributed by atoms with van der Waals surface area (Å²) in [6, 6.07) is 27.8. The lowest BCUT2D eigenvalue weighted by molar-refractivity contribution is -0.370. The highest BCUT2D eigenvalue weighted by Crippen LogP contribution is 2.64. The number of benzene rings is 4. The molecule has 0 amide bonds. The molecule has 0 spiro atoms. The van der Waals surface area contributed by atoms with Gasteiger partial charge in [0.25, 0.3) is 0 Å². The summed E-state index contributed by atoms with van der Waals surface area (Å²) in [5.74, 6) is 0.0914. The second-order valence-electron chi connectivity index (χ2n) is 8.37. The number of methoxy groups -OCH3 is 1. The second kappa shape index (κ2) is 6.31. The summed E-state index contributed by atoms with van der Waals surface area (Å²) in [6.07, 6.45) is 1.00. The minimum atomic E-state index is -0.773. The van der Waals surface area contributed by atoms with Gasteiger partial charge in [-0.25, -0.2) is 0 Å². The van der Waals surface area contributed by atoms with Crippen LogP contribution >= 0.6 is 0 Å². The van der Waals surface area contributed by atoms with Crippen LogP contribution in [-0.4, -0.2) is 19.8 Å². The third-order valence-electron chi connectivity index (χ3n) is 7.15. The van der Waals surface area contributed by atoms with Crippen molar-refractivity contribution in [3.8, 4) is 5.75 Å². The van der Waals surface area contributed by atoms with E-state index in [1.54, 1.807) is 7.11 Å². The first-order chi connectivity index (χ1) is 14.7. The monoisotopic (exact) mass is 396 g/mol. The van der Waals surface area contributed by atoms with Crippen molar-refractivity contribution in [1.29, 1.82) is 0 Å². The van der Waals surface area contributed by atoms with Gasteiger partial charge in [0.15, 0.2) is 0 Å². The summed E-state index contributed by atoms with van der Waals surface area (Å²) in [4.78, 5) is 0. The van der Waals surface area contributed by atoms with E-state index in [0.29, 0.717) is 6.61 Å². The van der Waals surface area contributed by atoms with Gasteiger partial charge in [-0.15, -0.1) is 0 Å². The molecule has 0 saturated carbocycles. The van der Waals surface area contributed by atoms with Gasteiger partial charge in [0, 0.05) is 5.56 Å². The van der Waals surface area contributed by atoms with Crippen molar-refractivity contribution in [2.45, 2.75) is 30.7 Å². The van der Waals surface area contributed by atoms with E-state index in [-0.39, 0.29) is 11.5 Å². The Bertz CT molecular complexity index is 1260. The predicted octanol–water partition coefficient (Wildman–Crippen LogP) is 5.93. The molecule has 0 radical (unpaired) electrons. The molecule has 0 aliphatic carbocycles. The van der Waals surface area contributed by atoms with Gasteiger partial charge in [-0.3, -0.25) is 0 Å². The van der Waals surface area contributed by atoms with Crippen LogP contribution in [0.1, 0.15) is 24.5 Å². The molecular weight excluding hydrogens is 372 g/mol. The van der Waals surface area contributed by atoms with Gasteiger partial charge in [-0.1, -0.05) is 60.7 Å². The van der Waals surface area contributed by atoms with Crippen molar-refractivity contribution in [2.75, 3.05) is 13.7 Å². The molecule has 4 aromatic rings. The number of hydrogen-bond acceptors (Lipinski definition) is 3. The number of rotatable bonds is 3. The van der Waals surface area contributed by atoms with Crippen LogP contribution in [0.3, 0.4) is 0 Å². The molecule has 2 aliphatic heterocycles. The van der Waals surface area contributed by atoms with Gasteiger partial charge in [0.05, 0.1) is 25.2 Å². The van der Waals surface area contributed by atoms with Gasteiger partial charge in [0.1, 0.15) is 5.75 Å². The Balaban J connectivity index is 1.63. The largest absolute Gasteiger partial charge is 0.497 e. The van der Waals surface area contributed by atoms with E-state index in [9.17, 15) is 0 Å². The zero-order chi connectivity index (χ0) is 20.3.